The van der Waals surface area contributed by atoms with Gasteiger partial charge in [0.1, 0.15) is 0 Å². The van der Waals surface area contributed by atoms with Gasteiger partial charge in [-0.3, -0.25) is 19.2 Å². The number of carbonyl (C=O) groups is 4. The van der Waals surface area contributed by atoms with Crippen molar-refractivity contribution < 1.29 is 39.6 Å². The third-order valence-corrected chi connectivity index (χ3v) is 8.18. The average molecular weight is 685 g/mol. The average Bonchev–Trinajstić information content (AvgIpc) is 3.03. The van der Waals surface area contributed by atoms with Crippen molar-refractivity contribution >= 4 is 23.9 Å². The molecule has 0 aliphatic heterocycles. The maximum atomic E-state index is 10.4. The van der Waals surface area contributed by atoms with Crippen molar-refractivity contribution in [1.82, 2.24) is 0 Å². The molecule has 0 aliphatic rings. The summed E-state index contributed by atoms with van der Waals surface area (Å²) in [6.45, 7) is 4.48. The third kappa shape index (κ3) is 59.1. The van der Waals surface area contributed by atoms with Crippen LogP contribution in [0.5, 0.6) is 0 Å². The number of hydrogen-bond acceptors (Lipinski definition) is 4. The Labute approximate surface area is 294 Å². The van der Waals surface area contributed by atoms with Crippen molar-refractivity contribution in [3.63, 3.8) is 0 Å². The summed E-state index contributed by atoms with van der Waals surface area (Å²) in [7, 11) is 0. The molecule has 0 aromatic rings. The molecule has 0 aromatic heterocycles. The van der Waals surface area contributed by atoms with E-state index in [1.807, 2.05) is 0 Å². The lowest BCUT2D eigenvalue weighted by molar-refractivity contribution is -0.138. The lowest BCUT2D eigenvalue weighted by atomic mass is 10.1. The molecular formula is C40H76O8. The minimum absolute atomic E-state index is 0.221. The van der Waals surface area contributed by atoms with Gasteiger partial charge in [-0.2, -0.15) is 0 Å². The second kappa shape index (κ2) is 44.6. The predicted octanol–water partition coefficient (Wildman–Crippen LogP) is 12.4. The molecule has 0 radical (unpaired) electrons. The van der Waals surface area contributed by atoms with E-state index in [9.17, 15) is 19.2 Å². The molecule has 0 heterocycles. The molecule has 284 valence electrons. The van der Waals surface area contributed by atoms with Crippen molar-refractivity contribution in [1.29, 1.82) is 0 Å². The fourth-order valence-electron chi connectivity index (χ4n) is 5.19. The van der Waals surface area contributed by atoms with Crippen molar-refractivity contribution in [2.45, 2.75) is 219 Å². The Morgan fingerprint density at radius 3 is 0.708 bits per heavy atom. The lowest BCUT2D eigenvalue weighted by Gasteiger charge is -2.00. The monoisotopic (exact) mass is 685 g/mol. The standard InChI is InChI=1S/C20H38O2.C11H22O2.C9H16O4/c1-2-3-4-5-6-7-8-9-10-11-12-13-14-15-16-17-18-19-20(21)22;1-2-3-4-5-6-7-8-9-10-11(12)13;10-8(11)6-4-2-1-3-5-7-9(12)13/h11-12H,2-10,13-19H2,1H3,(H,21,22);2-10H2,1H3,(H,12,13);1-7H2,(H,10,11)(H,12,13)/b12-11-;;. The highest BCUT2D eigenvalue weighted by Crippen LogP contribution is 2.12. The fraction of sp³-hybridized carbons (Fsp3) is 0.850. The van der Waals surface area contributed by atoms with Gasteiger partial charge in [0.05, 0.1) is 0 Å². The van der Waals surface area contributed by atoms with Crippen LogP contribution >= 0.6 is 0 Å². The van der Waals surface area contributed by atoms with Crippen LogP contribution in [-0.2, 0) is 19.2 Å². The van der Waals surface area contributed by atoms with Gasteiger partial charge in [0, 0.05) is 25.7 Å². The normalized spacial score (nSPS) is 10.6. The van der Waals surface area contributed by atoms with Crippen molar-refractivity contribution in [3.05, 3.63) is 12.2 Å². The number of unbranched alkanes of at least 4 members (excludes halogenated alkanes) is 24. The second-order valence-electron chi connectivity index (χ2n) is 13.1. The van der Waals surface area contributed by atoms with Crippen LogP contribution in [0.25, 0.3) is 0 Å². The number of hydrogen-bond donors (Lipinski definition) is 4. The van der Waals surface area contributed by atoms with Crippen LogP contribution in [0.4, 0.5) is 0 Å². The Balaban J connectivity index is -0.000000672. The number of carboxylic acid groups (broad SMARTS) is 4. The van der Waals surface area contributed by atoms with Crippen molar-refractivity contribution in [2.75, 3.05) is 0 Å². The van der Waals surface area contributed by atoms with Crippen LogP contribution in [0.3, 0.4) is 0 Å². The Morgan fingerprint density at radius 2 is 0.500 bits per heavy atom. The van der Waals surface area contributed by atoms with Crippen LogP contribution < -0.4 is 0 Å². The van der Waals surface area contributed by atoms with E-state index >= 15 is 0 Å². The number of aliphatic carboxylic acids is 4. The van der Waals surface area contributed by atoms with Crippen molar-refractivity contribution in [3.8, 4) is 0 Å². The Kier molecular flexibility index (Phi) is 46.5. The maximum Gasteiger partial charge on any atom is 0.303 e. The van der Waals surface area contributed by atoms with E-state index in [4.69, 9.17) is 20.4 Å². The first-order chi connectivity index (χ1) is 23.2. The Hall–Kier alpha value is -2.38. The van der Waals surface area contributed by atoms with Gasteiger partial charge in [0.25, 0.3) is 0 Å². The van der Waals surface area contributed by atoms with Gasteiger partial charge < -0.3 is 20.4 Å². The zero-order chi connectivity index (χ0) is 36.4. The topological polar surface area (TPSA) is 149 Å². The lowest BCUT2D eigenvalue weighted by Crippen LogP contribution is -1.95. The highest BCUT2D eigenvalue weighted by Gasteiger charge is 1.99. The molecule has 48 heavy (non-hydrogen) atoms. The quantitative estimate of drug-likeness (QED) is 0.0386. The molecule has 8 nitrogen and oxygen atoms in total. The Morgan fingerprint density at radius 1 is 0.312 bits per heavy atom. The van der Waals surface area contributed by atoms with Gasteiger partial charge in [0.15, 0.2) is 0 Å². The summed E-state index contributed by atoms with van der Waals surface area (Å²) in [6.07, 6.45) is 38.8. The highest BCUT2D eigenvalue weighted by atomic mass is 16.4. The van der Waals surface area contributed by atoms with E-state index in [0.717, 1.165) is 44.9 Å². The largest absolute Gasteiger partial charge is 0.481 e. The zero-order valence-corrected chi connectivity index (χ0v) is 31.2. The zero-order valence-electron chi connectivity index (χ0n) is 31.2. The predicted molar refractivity (Wildman–Crippen MR) is 199 cm³/mol. The summed E-state index contributed by atoms with van der Waals surface area (Å²) in [5, 5.41) is 33.5. The molecule has 0 amide bonds. The third-order valence-electron chi connectivity index (χ3n) is 8.18. The molecule has 0 fully saturated rings. The first kappa shape index (κ1) is 50.0. The van der Waals surface area contributed by atoms with Gasteiger partial charge >= 0.3 is 23.9 Å². The molecule has 0 atom stereocenters. The van der Waals surface area contributed by atoms with Gasteiger partial charge in [-0.15, -0.1) is 0 Å². The van der Waals surface area contributed by atoms with Gasteiger partial charge in [-0.05, 0) is 51.4 Å². The van der Waals surface area contributed by atoms with Crippen LogP contribution in [0.2, 0.25) is 0 Å². The minimum atomic E-state index is -0.759. The van der Waals surface area contributed by atoms with Crippen LogP contribution in [0.15, 0.2) is 12.2 Å². The molecule has 4 N–H and O–H groups in total. The summed E-state index contributed by atoms with van der Waals surface area (Å²) >= 11 is 0. The summed E-state index contributed by atoms with van der Waals surface area (Å²) < 4.78 is 0. The highest BCUT2D eigenvalue weighted by molar-refractivity contribution is 5.67. The molecular weight excluding hydrogens is 608 g/mol. The van der Waals surface area contributed by atoms with E-state index in [2.05, 4.69) is 26.0 Å². The van der Waals surface area contributed by atoms with E-state index in [1.165, 1.54) is 122 Å². The van der Waals surface area contributed by atoms with Gasteiger partial charge in [0.2, 0.25) is 0 Å². The van der Waals surface area contributed by atoms with E-state index < -0.39 is 23.9 Å². The molecule has 0 saturated carbocycles. The molecule has 8 heteroatoms. The molecule has 0 spiro atoms. The molecule has 0 rings (SSSR count). The van der Waals surface area contributed by atoms with Crippen LogP contribution in [0.1, 0.15) is 219 Å². The number of carboxylic acids is 4. The minimum Gasteiger partial charge on any atom is -0.481 e. The SMILES string of the molecule is CCCCCCCCCC/C=C\CCCCCCCC(=O)O.CCCCCCCCCCC(=O)O.O=C(O)CCCCCCCC(=O)O. The summed E-state index contributed by atoms with van der Waals surface area (Å²) in [4.78, 5) is 40.7. The molecule has 0 aliphatic carbocycles. The second-order valence-corrected chi connectivity index (χ2v) is 13.1. The first-order valence-electron chi connectivity index (χ1n) is 19.7. The molecule has 0 unspecified atom stereocenters. The molecule has 0 aromatic carbocycles. The fourth-order valence-corrected chi connectivity index (χ4v) is 5.19. The van der Waals surface area contributed by atoms with Gasteiger partial charge in [-0.1, -0.05) is 154 Å². The smallest absolute Gasteiger partial charge is 0.303 e. The number of rotatable bonds is 34. The number of allylic oxidation sites excluding steroid dienone is 2. The van der Waals surface area contributed by atoms with E-state index in [-0.39, 0.29) is 12.8 Å². The van der Waals surface area contributed by atoms with Gasteiger partial charge in [-0.25, -0.2) is 0 Å². The maximum absolute atomic E-state index is 10.4. The van der Waals surface area contributed by atoms with Crippen molar-refractivity contribution in [2.24, 2.45) is 0 Å². The van der Waals surface area contributed by atoms with Crippen LogP contribution in [-0.4, -0.2) is 44.3 Å². The molecule has 0 saturated heterocycles. The summed E-state index contributed by atoms with van der Waals surface area (Å²) in [5.74, 6) is -2.84. The van der Waals surface area contributed by atoms with Crippen LogP contribution in [0, 0.1) is 0 Å². The summed E-state index contributed by atoms with van der Waals surface area (Å²) in [5.41, 5.74) is 0. The summed E-state index contributed by atoms with van der Waals surface area (Å²) in [6, 6.07) is 0. The first-order valence-corrected chi connectivity index (χ1v) is 19.7. The Bertz CT molecular complexity index is 717. The van der Waals surface area contributed by atoms with E-state index in [1.54, 1.807) is 0 Å². The molecule has 0 bridgehead atoms. The van der Waals surface area contributed by atoms with E-state index in [0.29, 0.717) is 25.7 Å².